The highest BCUT2D eigenvalue weighted by molar-refractivity contribution is 7.99. The highest BCUT2D eigenvalue weighted by Crippen LogP contribution is 2.32. The van der Waals surface area contributed by atoms with E-state index in [0.717, 1.165) is 11.3 Å². The third-order valence-corrected chi connectivity index (χ3v) is 6.03. The fourth-order valence-electron chi connectivity index (χ4n) is 3.73. The van der Waals surface area contributed by atoms with Gasteiger partial charge in [-0.2, -0.15) is 11.8 Å². The van der Waals surface area contributed by atoms with Gasteiger partial charge in [-0.1, -0.05) is 57.5 Å². The van der Waals surface area contributed by atoms with Gasteiger partial charge in [-0.3, -0.25) is 0 Å². The van der Waals surface area contributed by atoms with Crippen LogP contribution in [-0.2, 0) is 5.41 Å². The molecule has 1 N–H and O–H groups in total. The van der Waals surface area contributed by atoms with Crippen molar-refractivity contribution < 1.29 is 0 Å². The van der Waals surface area contributed by atoms with E-state index < -0.39 is 0 Å². The summed E-state index contributed by atoms with van der Waals surface area (Å²) in [6.45, 7) is 9.37. The second kappa shape index (κ2) is 7.69. The largest absolute Gasteiger partial charge is 0.310 e. The van der Waals surface area contributed by atoms with Crippen LogP contribution in [0.15, 0.2) is 30.3 Å². The predicted molar refractivity (Wildman–Crippen MR) is 96.2 cm³/mol. The number of benzene rings is 1. The molecule has 3 unspecified atom stereocenters. The Kier molecular flexibility index (Phi) is 6.19. The maximum Gasteiger partial charge on any atom is 0.0201 e. The minimum Gasteiger partial charge on any atom is -0.310 e. The van der Waals surface area contributed by atoms with Crippen LogP contribution in [0.5, 0.6) is 0 Å². The van der Waals surface area contributed by atoms with E-state index in [0.29, 0.717) is 6.04 Å². The molecule has 1 aromatic carbocycles. The normalized spacial score (nSPS) is 24.2. The molecule has 1 aromatic rings. The van der Waals surface area contributed by atoms with Gasteiger partial charge in [0.15, 0.2) is 0 Å². The van der Waals surface area contributed by atoms with Crippen molar-refractivity contribution in [2.75, 3.05) is 5.75 Å². The maximum atomic E-state index is 3.92. The molecule has 1 fully saturated rings. The molecule has 3 atom stereocenters. The fraction of sp³-hybridized carbons (Fsp3) is 0.684. The smallest absolute Gasteiger partial charge is 0.0201 e. The summed E-state index contributed by atoms with van der Waals surface area (Å²) in [4.78, 5) is 0. The molecule has 2 rings (SSSR count). The molecule has 1 nitrogen and oxygen atoms in total. The van der Waals surface area contributed by atoms with Crippen LogP contribution in [0.4, 0.5) is 0 Å². The van der Waals surface area contributed by atoms with E-state index in [4.69, 9.17) is 0 Å². The second-order valence-corrected chi connectivity index (χ2v) is 8.57. The number of nitrogens with one attached hydrogen (secondary N) is 1. The summed E-state index contributed by atoms with van der Waals surface area (Å²) in [5, 5.41) is 4.75. The summed E-state index contributed by atoms with van der Waals surface area (Å²) in [6.07, 6.45) is 5.33. The molecule has 0 amide bonds. The van der Waals surface area contributed by atoms with Crippen molar-refractivity contribution in [3.05, 3.63) is 35.9 Å². The summed E-state index contributed by atoms with van der Waals surface area (Å²) < 4.78 is 0. The molecule has 0 radical (unpaired) electrons. The Bertz CT molecular complexity index is 415. The number of hydrogen-bond acceptors (Lipinski definition) is 2. The van der Waals surface area contributed by atoms with Crippen LogP contribution in [0.25, 0.3) is 0 Å². The predicted octanol–water partition coefficient (Wildman–Crippen LogP) is 5.01. The molecular formula is C19H31NS. The SMILES string of the molecule is CCSC1CCCC1NC(C)CC(C)(C)c1ccccc1. The van der Waals surface area contributed by atoms with Gasteiger partial charge in [0, 0.05) is 17.3 Å². The van der Waals surface area contributed by atoms with Gasteiger partial charge in [0.1, 0.15) is 0 Å². The lowest BCUT2D eigenvalue weighted by Gasteiger charge is -2.32. The highest BCUT2D eigenvalue weighted by Gasteiger charge is 2.30. The molecule has 1 saturated carbocycles. The Morgan fingerprint density at radius 1 is 1.24 bits per heavy atom. The van der Waals surface area contributed by atoms with E-state index in [9.17, 15) is 0 Å². The van der Waals surface area contributed by atoms with Crippen molar-refractivity contribution in [1.29, 1.82) is 0 Å². The van der Waals surface area contributed by atoms with Crippen LogP contribution < -0.4 is 5.32 Å². The Labute approximate surface area is 135 Å². The summed E-state index contributed by atoms with van der Waals surface area (Å²) in [5.41, 5.74) is 1.68. The summed E-state index contributed by atoms with van der Waals surface area (Å²) in [6, 6.07) is 12.2. The van der Waals surface area contributed by atoms with Crippen molar-refractivity contribution >= 4 is 11.8 Å². The van der Waals surface area contributed by atoms with E-state index in [1.165, 1.54) is 37.0 Å². The third kappa shape index (κ3) is 4.75. The van der Waals surface area contributed by atoms with E-state index in [-0.39, 0.29) is 5.41 Å². The monoisotopic (exact) mass is 305 g/mol. The van der Waals surface area contributed by atoms with Crippen molar-refractivity contribution in [2.45, 2.75) is 76.1 Å². The Morgan fingerprint density at radius 3 is 2.62 bits per heavy atom. The Balaban J connectivity index is 1.90. The van der Waals surface area contributed by atoms with Gasteiger partial charge in [-0.15, -0.1) is 0 Å². The van der Waals surface area contributed by atoms with Gasteiger partial charge in [0.2, 0.25) is 0 Å². The quantitative estimate of drug-likeness (QED) is 0.760. The van der Waals surface area contributed by atoms with Crippen LogP contribution in [0, 0.1) is 0 Å². The Morgan fingerprint density at radius 2 is 1.95 bits per heavy atom. The van der Waals surface area contributed by atoms with Crippen LogP contribution >= 0.6 is 11.8 Å². The molecule has 0 aliphatic heterocycles. The number of rotatable bonds is 7. The molecule has 2 heteroatoms. The van der Waals surface area contributed by atoms with Crippen molar-refractivity contribution in [1.82, 2.24) is 5.32 Å². The third-order valence-electron chi connectivity index (χ3n) is 4.70. The number of hydrogen-bond donors (Lipinski definition) is 1. The van der Waals surface area contributed by atoms with Gasteiger partial charge < -0.3 is 5.32 Å². The van der Waals surface area contributed by atoms with E-state index in [1.54, 1.807) is 0 Å². The van der Waals surface area contributed by atoms with Gasteiger partial charge >= 0.3 is 0 Å². The zero-order chi connectivity index (χ0) is 15.3. The van der Waals surface area contributed by atoms with Crippen LogP contribution in [0.3, 0.4) is 0 Å². The van der Waals surface area contributed by atoms with Gasteiger partial charge in [-0.05, 0) is 42.9 Å². The zero-order valence-corrected chi connectivity index (χ0v) is 14.9. The molecule has 118 valence electrons. The van der Waals surface area contributed by atoms with E-state index in [1.807, 2.05) is 0 Å². The minimum atomic E-state index is 0.236. The fourth-order valence-corrected chi connectivity index (χ4v) is 4.94. The van der Waals surface area contributed by atoms with Crippen molar-refractivity contribution in [2.24, 2.45) is 0 Å². The second-order valence-electron chi connectivity index (χ2n) is 7.05. The van der Waals surface area contributed by atoms with Crippen LogP contribution in [0.1, 0.15) is 58.9 Å². The summed E-state index contributed by atoms with van der Waals surface area (Å²) in [5.74, 6) is 1.24. The molecule has 21 heavy (non-hydrogen) atoms. The first-order valence-corrected chi connectivity index (χ1v) is 9.51. The first-order valence-electron chi connectivity index (χ1n) is 8.46. The lowest BCUT2D eigenvalue weighted by atomic mass is 9.79. The first-order chi connectivity index (χ1) is 10.0. The van der Waals surface area contributed by atoms with Crippen LogP contribution in [0.2, 0.25) is 0 Å². The zero-order valence-electron chi connectivity index (χ0n) is 14.1. The van der Waals surface area contributed by atoms with E-state index >= 15 is 0 Å². The lowest BCUT2D eigenvalue weighted by Crippen LogP contribution is -2.42. The van der Waals surface area contributed by atoms with E-state index in [2.05, 4.69) is 75.1 Å². The maximum absolute atomic E-state index is 3.92. The average molecular weight is 306 g/mol. The molecule has 0 aromatic heterocycles. The molecule has 1 aliphatic carbocycles. The Hall–Kier alpha value is -0.470. The molecular weight excluding hydrogens is 274 g/mol. The van der Waals surface area contributed by atoms with Crippen LogP contribution in [-0.4, -0.2) is 23.1 Å². The minimum absolute atomic E-state index is 0.236. The topological polar surface area (TPSA) is 12.0 Å². The van der Waals surface area contributed by atoms with Gasteiger partial charge in [-0.25, -0.2) is 0 Å². The molecule has 0 saturated heterocycles. The van der Waals surface area contributed by atoms with Gasteiger partial charge in [0.05, 0.1) is 0 Å². The molecule has 0 heterocycles. The molecule has 0 bridgehead atoms. The summed E-state index contributed by atoms with van der Waals surface area (Å²) in [7, 11) is 0. The lowest BCUT2D eigenvalue weighted by molar-refractivity contribution is 0.359. The first kappa shape index (κ1) is 16.9. The molecule has 0 spiro atoms. The highest BCUT2D eigenvalue weighted by atomic mass is 32.2. The average Bonchev–Trinajstić information content (AvgIpc) is 2.87. The van der Waals surface area contributed by atoms with Crippen molar-refractivity contribution in [3.63, 3.8) is 0 Å². The van der Waals surface area contributed by atoms with Crippen molar-refractivity contribution in [3.8, 4) is 0 Å². The molecule has 1 aliphatic rings. The standard InChI is InChI=1S/C19H31NS/c1-5-21-18-13-9-12-17(18)20-15(2)14-19(3,4)16-10-7-6-8-11-16/h6-8,10-11,15,17-18,20H,5,9,12-14H2,1-4H3. The number of thioether (sulfide) groups is 1. The summed E-state index contributed by atoms with van der Waals surface area (Å²) >= 11 is 2.14. The van der Waals surface area contributed by atoms with Gasteiger partial charge in [0.25, 0.3) is 0 Å².